The molecule has 0 saturated carbocycles. The lowest BCUT2D eigenvalue weighted by Gasteiger charge is -2.13. The van der Waals surface area contributed by atoms with E-state index in [2.05, 4.69) is 10.1 Å². The lowest BCUT2D eigenvalue weighted by atomic mass is 10.2. The topological polar surface area (TPSA) is 75.7 Å². The van der Waals surface area contributed by atoms with Crippen molar-refractivity contribution in [1.82, 2.24) is 4.31 Å². The highest BCUT2D eigenvalue weighted by Gasteiger charge is 2.21. The van der Waals surface area contributed by atoms with Gasteiger partial charge in [0.2, 0.25) is 10.0 Å². The van der Waals surface area contributed by atoms with Gasteiger partial charge in [-0.1, -0.05) is 11.6 Å². The van der Waals surface area contributed by atoms with Crippen molar-refractivity contribution in [2.75, 3.05) is 19.4 Å². The van der Waals surface area contributed by atoms with Crippen molar-refractivity contribution >= 4 is 33.2 Å². The van der Waals surface area contributed by atoms with E-state index in [0.717, 1.165) is 4.31 Å². The summed E-state index contributed by atoms with van der Waals surface area (Å²) in [5, 5.41) is 2.58. The first-order valence-electron chi connectivity index (χ1n) is 7.19. The average molecular weight is 405 g/mol. The molecule has 0 heterocycles. The minimum absolute atomic E-state index is 0.0394. The van der Waals surface area contributed by atoms with Crippen LogP contribution in [-0.2, 0) is 10.0 Å². The van der Waals surface area contributed by atoms with Crippen LogP contribution in [-0.4, -0.2) is 39.3 Å². The molecule has 2 aromatic carbocycles. The second-order valence-electron chi connectivity index (χ2n) is 5.29. The van der Waals surface area contributed by atoms with Crippen molar-refractivity contribution < 1.29 is 26.7 Å². The summed E-state index contributed by atoms with van der Waals surface area (Å²) in [6, 6.07) is 9.03. The van der Waals surface area contributed by atoms with Crippen molar-refractivity contribution in [3.05, 3.63) is 53.1 Å². The Kier molecular flexibility index (Phi) is 6.17. The number of alkyl halides is 2. The molecule has 1 amide bonds. The minimum atomic E-state index is -3.73. The third-order valence-electron chi connectivity index (χ3n) is 3.30. The van der Waals surface area contributed by atoms with Crippen molar-refractivity contribution in [2.24, 2.45) is 0 Å². The second kappa shape index (κ2) is 7.98. The van der Waals surface area contributed by atoms with Gasteiger partial charge in [0, 0.05) is 19.8 Å². The molecule has 140 valence electrons. The number of halogens is 3. The van der Waals surface area contributed by atoms with Gasteiger partial charge in [-0.05, 0) is 42.5 Å². The summed E-state index contributed by atoms with van der Waals surface area (Å²) >= 11 is 6.00. The fourth-order valence-electron chi connectivity index (χ4n) is 1.97. The Morgan fingerprint density at radius 3 is 2.31 bits per heavy atom. The number of anilines is 1. The molecule has 0 spiro atoms. The van der Waals surface area contributed by atoms with Crippen LogP contribution in [0.3, 0.4) is 0 Å². The van der Waals surface area contributed by atoms with Crippen LogP contribution < -0.4 is 10.1 Å². The Hall–Kier alpha value is -2.23. The van der Waals surface area contributed by atoms with Crippen molar-refractivity contribution in [3.8, 4) is 5.75 Å². The van der Waals surface area contributed by atoms with E-state index in [1.54, 1.807) is 0 Å². The zero-order valence-electron chi connectivity index (χ0n) is 13.7. The summed E-state index contributed by atoms with van der Waals surface area (Å²) < 4.78 is 53.8. The van der Waals surface area contributed by atoms with Gasteiger partial charge in [0.1, 0.15) is 5.75 Å². The van der Waals surface area contributed by atoms with E-state index in [1.165, 1.54) is 56.6 Å². The molecule has 2 aromatic rings. The Balaban J connectivity index is 2.24. The number of rotatable bonds is 6. The van der Waals surface area contributed by atoms with E-state index in [0.29, 0.717) is 5.69 Å². The number of ether oxygens (including phenoxy) is 1. The zero-order valence-corrected chi connectivity index (χ0v) is 15.3. The molecule has 10 heteroatoms. The highest BCUT2D eigenvalue weighted by atomic mass is 35.5. The number of nitrogens with zero attached hydrogens (tertiary/aromatic N) is 1. The molecule has 0 radical (unpaired) electrons. The summed E-state index contributed by atoms with van der Waals surface area (Å²) in [6.07, 6.45) is 0. The molecule has 0 atom stereocenters. The third kappa shape index (κ3) is 4.69. The van der Waals surface area contributed by atoms with E-state index in [9.17, 15) is 22.0 Å². The molecular formula is C16H15ClF2N2O4S. The number of amides is 1. The summed E-state index contributed by atoms with van der Waals surface area (Å²) in [6.45, 7) is -2.95. The molecule has 0 aliphatic rings. The van der Waals surface area contributed by atoms with Crippen LogP contribution in [0.2, 0.25) is 5.02 Å². The van der Waals surface area contributed by atoms with Crippen molar-refractivity contribution in [1.29, 1.82) is 0 Å². The van der Waals surface area contributed by atoms with Gasteiger partial charge in [-0.3, -0.25) is 4.79 Å². The van der Waals surface area contributed by atoms with Gasteiger partial charge in [-0.15, -0.1) is 0 Å². The molecule has 0 fully saturated rings. The molecule has 0 aliphatic heterocycles. The quantitative estimate of drug-likeness (QED) is 0.800. The molecule has 0 aliphatic carbocycles. The Morgan fingerprint density at radius 1 is 1.15 bits per heavy atom. The molecule has 0 saturated heterocycles. The van der Waals surface area contributed by atoms with Crippen LogP contribution in [0.15, 0.2) is 47.4 Å². The van der Waals surface area contributed by atoms with Gasteiger partial charge in [0.05, 0.1) is 15.5 Å². The number of nitrogens with one attached hydrogen (secondary N) is 1. The van der Waals surface area contributed by atoms with Crippen LogP contribution in [0, 0.1) is 0 Å². The first kappa shape index (κ1) is 20.1. The number of carbonyl (C=O) groups is 1. The maximum atomic E-state index is 12.4. The SMILES string of the molecule is CN(C)S(=O)(=O)c1ccc(Cl)c(C(=O)Nc2ccc(OC(F)F)cc2)c1. The van der Waals surface area contributed by atoms with Crippen LogP contribution >= 0.6 is 11.6 Å². The smallest absolute Gasteiger partial charge is 0.387 e. The van der Waals surface area contributed by atoms with Gasteiger partial charge in [0.15, 0.2) is 0 Å². The number of sulfonamides is 1. The summed E-state index contributed by atoms with van der Waals surface area (Å²) in [4.78, 5) is 12.3. The summed E-state index contributed by atoms with van der Waals surface area (Å²) in [5.74, 6) is -0.705. The van der Waals surface area contributed by atoms with Crippen LogP contribution in [0.25, 0.3) is 0 Å². The maximum Gasteiger partial charge on any atom is 0.387 e. The lowest BCUT2D eigenvalue weighted by molar-refractivity contribution is -0.0498. The maximum absolute atomic E-state index is 12.4. The Morgan fingerprint density at radius 2 is 1.77 bits per heavy atom. The average Bonchev–Trinajstić information content (AvgIpc) is 2.56. The zero-order chi connectivity index (χ0) is 19.5. The predicted octanol–water partition coefficient (Wildman–Crippen LogP) is 3.44. The number of carbonyl (C=O) groups excluding carboxylic acids is 1. The molecular weight excluding hydrogens is 390 g/mol. The summed E-state index contributed by atoms with van der Waals surface area (Å²) in [5.41, 5.74) is 0.260. The molecule has 1 N–H and O–H groups in total. The highest BCUT2D eigenvalue weighted by Crippen LogP contribution is 2.24. The lowest BCUT2D eigenvalue weighted by Crippen LogP contribution is -2.23. The Bertz CT molecular complexity index is 903. The van der Waals surface area contributed by atoms with Crippen molar-refractivity contribution in [3.63, 3.8) is 0 Å². The highest BCUT2D eigenvalue weighted by molar-refractivity contribution is 7.89. The van der Waals surface area contributed by atoms with E-state index < -0.39 is 22.5 Å². The van der Waals surface area contributed by atoms with Crippen LogP contribution in [0.5, 0.6) is 5.75 Å². The van der Waals surface area contributed by atoms with Crippen molar-refractivity contribution in [2.45, 2.75) is 11.5 Å². The van der Waals surface area contributed by atoms with E-state index in [4.69, 9.17) is 11.6 Å². The van der Waals surface area contributed by atoms with E-state index in [1.807, 2.05) is 0 Å². The van der Waals surface area contributed by atoms with Gasteiger partial charge in [-0.2, -0.15) is 8.78 Å². The fraction of sp³-hybridized carbons (Fsp3) is 0.188. The molecule has 0 bridgehead atoms. The van der Waals surface area contributed by atoms with E-state index >= 15 is 0 Å². The van der Waals surface area contributed by atoms with Crippen LogP contribution in [0.4, 0.5) is 14.5 Å². The molecule has 2 rings (SSSR count). The molecule has 26 heavy (non-hydrogen) atoms. The summed E-state index contributed by atoms with van der Waals surface area (Å²) in [7, 11) is -0.997. The Labute approximate surface area is 154 Å². The van der Waals surface area contributed by atoms with E-state index in [-0.39, 0.29) is 21.2 Å². The van der Waals surface area contributed by atoms with Gasteiger partial charge >= 0.3 is 6.61 Å². The fourth-order valence-corrected chi connectivity index (χ4v) is 3.10. The second-order valence-corrected chi connectivity index (χ2v) is 7.85. The third-order valence-corrected chi connectivity index (χ3v) is 5.44. The van der Waals surface area contributed by atoms with Gasteiger partial charge in [0.25, 0.3) is 5.91 Å². The number of benzene rings is 2. The minimum Gasteiger partial charge on any atom is -0.435 e. The van der Waals surface area contributed by atoms with Gasteiger partial charge < -0.3 is 10.1 Å². The molecule has 0 aromatic heterocycles. The monoisotopic (exact) mass is 404 g/mol. The van der Waals surface area contributed by atoms with Crippen LogP contribution in [0.1, 0.15) is 10.4 Å². The number of hydrogen-bond acceptors (Lipinski definition) is 4. The first-order valence-corrected chi connectivity index (χ1v) is 9.01. The standard InChI is InChI=1S/C16H15ClF2N2O4S/c1-21(2)26(23,24)12-7-8-14(17)13(9-12)15(22)20-10-3-5-11(6-4-10)25-16(18)19/h3-9,16H,1-2H3,(H,20,22). The largest absolute Gasteiger partial charge is 0.435 e. The molecule has 6 nitrogen and oxygen atoms in total. The number of hydrogen-bond donors (Lipinski definition) is 1. The predicted molar refractivity (Wildman–Crippen MR) is 93.4 cm³/mol. The van der Waals surface area contributed by atoms with Gasteiger partial charge in [-0.25, -0.2) is 12.7 Å². The normalized spacial score (nSPS) is 11.7. The molecule has 0 unspecified atom stereocenters. The first-order chi connectivity index (χ1) is 12.1.